The van der Waals surface area contributed by atoms with Crippen LogP contribution in [0.25, 0.3) is 11.0 Å². The van der Waals surface area contributed by atoms with Crippen molar-refractivity contribution in [2.75, 3.05) is 5.75 Å². The summed E-state index contributed by atoms with van der Waals surface area (Å²) in [6, 6.07) is 10.1. The second kappa shape index (κ2) is 5.68. The van der Waals surface area contributed by atoms with Crippen molar-refractivity contribution in [1.29, 1.82) is 0 Å². The molecular formula is C15H11N3O5S. The van der Waals surface area contributed by atoms with E-state index in [1.165, 1.54) is 17.8 Å². The van der Waals surface area contributed by atoms with Crippen molar-refractivity contribution >= 4 is 34.6 Å². The zero-order valence-electron chi connectivity index (χ0n) is 12.2. The molecule has 1 aliphatic heterocycles. The molecule has 1 aliphatic rings. The van der Waals surface area contributed by atoms with Crippen LogP contribution in [0.3, 0.4) is 0 Å². The van der Waals surface area contributed by atoms with Crippen molar-refractivity contribution in [2.45, 2.75) is 17.8 Å². The number of esters is 1. The molecule has 8 nitrogen and oxygen atoms in total. The van der Waals surface area contributed by atoms with Crippen molar-refractivity contribution in [1.82, 2.24) is 9.55 Å². The van der Waals surface area contributed by atoms with Gasteiger partial charge in [-0.3, -0.25) is 10.1 Å². The number of fused-ring (bicyclic) bond motifs is 3. The molecule has 122 valence electrons. The van der Waals surface area contributed by atoms with Gasteiger partial charge in [0.25, 0.3) is 0 Å². The Balaban J connectivity index is 1.52. The summed E-state index contributed by atoms with van der Waals surface area (Å²) in [5, 5.41) is 11.5. The van der Waals surface area contributed by atoms with Crippen LogP contribution in [0.15, 0.2) is 46.0 Å². The fourth-order valence-corrected chi connectivity index (χ4v) is 3.58. The Morgan fingerprint density at radius 2 is 2.21 bits per heavy atom. The molecule has 0 fully saturated rings. The number of para-hydroxylation sites is 2. The number of aromatic nitrogens is 2. The minimum atomic E-state index is -0.707. The number of imidazole rings is 1. The number of carbonyl (C=O) groups is 1. The van der Waals surface area contributed by atoms with Crippen LogP contribution in [0.5, 0.6) is 0 Å². The first-order valence-electron chi connectivity index (χ1n) is 7.15. The molecule has 3 aromatic rings. The minimum Gasteiger partial charge on any atom is -0.454 e. The summed E-state index contributed by atoms with van der Waals surface area (Å²) in [5.74, 6) is -0.796. The Morgan fingerprint density at radius 1 is 1.38 bits per heavy atom. The first-order chi connectivity index (χ1) is 11.6. The van der Waals surface area contributed by atoms with E-state index in [0.29, 0.717) is 12.3 Å². The van der Waals surface area contributed by atoms with Gasteiger partial charge in [0.1, 0.15) is 11.0 Å². The number of ether oxygens (including phenoxy) is 1. The number of hydrogen-bond donors (Lipinski definition) is 0. The Labute approximate surface area is 139 Å². The van der Waals surface area contributed by atoms with E-state index in [-0.39, 0.29) is 11.9 Å². The van der Waals surface area contributed by atoms with E-state index < -0.39 is 16.8 Å². The lowest BCUT2D eigenvalue weighted by molar-refractivity contribution is -0.402. The van der Waals surface area contributed by atoms with Gasteiger partial charge < -0.3 is 13.7 Å². The molecule has 0 bridgehead atoms. The number of thioether (sulfide) groups is 1. The first kappa shape index (κ1) is 14.8. The second-order valence-corrected chi connectivity index (χ2v) is 6.21. The van der Waals surface area contributed by atoms with Gasteiger partial charge in [-0.1, -0.05) is 23.9 Å². The molecule has 0 N–H and O–H groups in total. The minimum absolute atomic E-state index is 0.173. The Hall–Kier alpha value is -2.81. The summed E-state index contributed by atoms with van der Waals surface area (Å²) in [4.78, 5) is 26.5. The SMILES string of the molecule is O=C(O[C@H]1CSc2nc3ccccc3n2C1)c1ccc([N+](=O)[O-])o1. The molecule has 4 rings (SSSR count). The van der Waals surface area contributed by atoms with Crippen LogP contribution in [0.2, 0.25) is 0 Å². The van der Waals surface area contributed by atoms with E-state index in [0.717, 1.165) is 22.3 Å². The van der Waals surface area contributed by atoms with Gasteiger partial charge in [0.2, 0.25) is 5.76 Å². The fourth-order valence-electron chi connectivity index (χ4n) is 2.58. The summed E-state index contributed by atoms with van der Waals surface area (Å²) in [6.07, 6.45) is -0.364. The number of carbonyl (C=O) groups excluding carboxylic acids is 1. The Morgan fingerprint density at radius 3 is 3.00 bits per heavy atom. The molecule has 24 heavy (non-hydrogen) atoms. The van der Waals surface area contributed by atoms with Gasteiger partial charge in [0, 0.05) is 5.75 Å². The van der Waals surface area contributed by atoms with Gasteiger partial charge in [-0.05, 0) is 18.2 Å². The van der Waals surface area contributed by atoms with Crippen molar-refractivity contribution in [2.24, 2.45) is 0 Å². The summed E-state index contributed by atoms with van der Waals surface area (Å²) in [6.45, 7) is 0.484. The highest BCUT2D eigenvalue weighted by molar-refractivity contribution is 7.99. The van der Waals surface area contributed by atoms with Gasteiger partial charge in [0.05, 0.1) is 23.6 Å². The molecule has 1 atom stereocenters. The first-order valence-corrected chi connectivity index (χ1v) is 8.13. The summed E-state index contributed by atoms with van der Waals surface area (Å²) in [5.41, 5.74) is 1.88. The largest absolute Gasteiger partial charge is 0.454 e. The molecule has 0 amide bonds. The van der Waals surface area contributed by atoms with Gasteiger partial charge >= 0.3 is 11.9 Å². The van der Waals surface area contributed by atoms with Crippen LogP contribution in [0.1, 0.15) is 10.6 Å². The third-order valence-electron chi connectivity index (χ3n) is 3.65. The van der Waals surface area contributed by atoms with Crippen LogP contribution in [0.4, 0.5) is 5.88 Å². The number of rotatable bonds is 3. The number of furan rings is 1. The lowest BCUT2D eigenvalue weighted by atomic mass is 10.3. The van der Waals surface area contributed by atoms with Gasteiger partial charge in [0.15, 0.2) is 5.16 Å². The van der Waals surface area contributed by atoms with Crippen molar-refractivity contribution in [3.8, 4) is 0 Å². The second-order valence-electron chi connectivity index (χ2n) is 5.23. The molecule has 9 heteroatoms. The van der Waals surface area contributed by atoms with Crippen LogP contribution in [-0.4, -0.2) is 32.3 Å². The molecule has 0 radical (unpaired) electrons. The normalized spacial score (nSPS) is 16.8. The van der Waals surface area contributed by atoms with E-state index in [1.54, 1.807) is 0 Å². The third kappa shape index (κ3) is 2.52. The number of benzene rings is 1. The highest BCUT2D eigenvalue weighted by Crippen LogP contribution is 2.30. The summed E-state index contributed by atoms with van der Waals surface area (Å²) >= 11 is 1.51. The molecule has 0 saturated carbocycles. The zero-order valence-corrected chi connectivity index (χ0v) is 13.1. The molecule has 3 heterocycles. The highest BCUT2D eigenvalue weighted by Gasteiger charge is 2.27. The quantitative estimate of drug-likeness (QED) is 0.409. The Kier molecular flexibility index (Phi) is 3.49. The van der Waals surface area contributed by atoms with E-state index in [9.17, 15) is 14.9 Å². The van der Waals surface area contributed by atoms with Gasteiger partial charge in [-0.15, -0.1) is 0 Å². The average Bonchev–Trinajstić information content (AvgIpc) is 3.19. The lowest BCUT2D eigenvalue weighted by Gasteiger charge is -2.23. The predicted octanol–water partition coefficient (Wildman–Crippen LogP) is 2.87. The van der Waals surface area contributed by atoms with E-state index in [2.05, 4.69) is 4.98 Å². The van der Waals surface area contributed by atoms with Crippen molar-refractivity contribution in [3.63, 3.8) is 0 Å². The molecule has 0 aliphatic carbocycles. The Bertz CT molecular complexity index is 948. The topological polar surface area (TPSA) is 100 Å². The number of hydrogen-bond acceptors (Lipinski definition) is 7. The van der Waals surface area contributed by atoms with E-state index in [4.69, 9.17) is 9.15 Å². The monoisotopic (exact) mass is 345 g/mol. The predicted molar refractivity (Wildman–Crippen MR) is 85.0 cm³/mol. The van der Waals surface area contributed by atoms with Crippen LogP contribution in [0, 0.1) is 10.1 Å². The van der Waals surface area contributed by atoms with Crippen LogP contribution in [-0.2, 0) is 11.3 Å². The maximum absolute atomic E-state index is 12.1. The smallest absolute Gasteiger partial charge is 0.433 e. The maximum atomic E-state index is 12.1. The molecule has 2 aromatic heterocycles. The van der Waals surface area contributed by atoms with E-state index >= 15 is 0 Å². The fraction of sp³-hybridized carbons (Fsp3) is 0.200. The molecule has 0 spiro atoms. The third-order valence-corrected chi connectivity index (χ3v) is 4.76. The molecule has 1 aromatic carbocycles. The number of nitro groups is 1. The van der Waals surface area contributed by atoms with E-state index in [1.807, 2.05) is 28.8 Å². The van der Waals surface area contributed by atoms with Gasteiger partial charge in [-0.2, -0.15) is 0 Å². The van der Waals surface area contributed by atoms with Crippen LogP contribution < -0.4 is 0 Å². The standard InChI is InChI=1S/C15H11N3O5S/c19-14(12-5-6-13(23-12)18(20)21)22-9-7-17-11-4-2-1-3-10(11)16-15(17)24-8-9/h1-6,9H,7-8H2/t9-/m1/s1. The van der Waals surface area contributed by atoms with Crippen molar-refractivity contribution < 1.29 is 18.9 Å². The van der Waals surface area contributed by atoms with Crippen molar-refractivity contribution in [3.05, 3.63) is 52.3 Å². The molecule has 0 unspecified atom stereocenters. The number of nitrogens with zero attached hydrogens (tertiary/aromatic N) is 3. The van der Waals surface area contributed by atoms with Gasteiger partial charge in [-0.25, -0.2) is 9.78 Å². The zero-order chi connectivity index (χ0) is 16.7. The highest BCUT2D eigenvalue weighted by atomic mass is 32.2. The van der Waals surface area contributed by atoms with Crippen LogP contribution >= 0.6 is 11.8 Å². The molecule has 0 saturated heterocycles. The average molecular weight is 345 g/mol. The summed E-state index contributed by atoms with van der Waals surface area (Å²) < 4.78 is 12.3. The lowest BCUT2D eigenvalue weighted by Crippen LogP contribution is -2.29. The maximum Gasteiger partial charge on any atom is 0.433 e. The molecular weight excluding hydrogens is 334 g/mol. The summed E-state index contributed by atoms with van der Waals surface area (Å²) in [7, 11) is 0.